The number of hydrogen-bond acceptors (Lipinski definition) is 3. The number of ether oxygens (including phenoxy) is 1. The van der Waals surface area contributed by atoms with Crippen molar-refractivity contribution in [2.24, 2.45) is 11.8 Å². The van der Waals surface area contributed by atoms with Gasteiger partial charge >= 0.3 is 0 Å². The van der Waals surface area contributed by atoms with Crippen LogP contribution < -0.4 is 15.4 Å². The third-order valence-corrected chi connectivity index (χ3v) is 3.62. The van der Waals surface area contributed by atoms with E-state index in [0.29, 0.717) is 12.5 Å². The number of benzene rings is 1. The smallest absolute Gasteiger partial charge is 0.223 e. The molecule has 4 nitrogen and oxygen atoms in total. The van der Waals surface area contributed by atoms with Crippen molar-refractivity contribution in [2.45, 2.75) is 13.5 Å². The molecule has 0 radical (unpaired) electrons. The van der Waals surface area contributed by atoms with Gasteiger partial charge in [-0.2, -0.15) is 0 Å². The van der Waals surface area contributed by atoms with Crippen molar-refractivity contribution in [2.75, 3.05) is 20.2 Å². The molecule has 1 amide bonds. The Kier molecular flexibility index (Phi) is 6.23. The normalized spacial score (nSPS) is 15.8. The molecule has 0 aromatic heterocycles. The van der Waals surface area contributed by atoms with Crippen LogP contribution in [0.2, 0.25) is 0 Å². The molecule has 2 rings (SSSR count). The zero-order valence-electron chi connectivity index (χ0n) is 11.6. The Morgan fingerprint density at radius 1 is 1.55 bits per heavy atom. The van der Waals surface area contributed by atoms with Gasteiger partial charge in [-0.3, -0.25) is 4.79 Å². The summed E-state index contributed by atoms with van der Waals surface area (Å²) in [5, 5.41) is 5.99. The largest absolute Gasteiger partial charge is 0.494 e. The van der Waals surface area contributed by atoms with Crippen LogP contribution in [0.15, 0.2) is 18.2 Å². The third-order valence-electron chi connectivity index (χ3n) is 3.62. The summed E-state index contributed by atoms with van der Waals surface area (Å²) in [5.41, 5.74) is 0.727. The highest BCUT2D eigenvalue weighted by Crippen LogP contribution is 2.18. The lowest BCUT2D eigenvalue weighted by molar-refractivity contribution is -0.126. The Bertz CT molecular complexity index is 466. The second kappa shape index (κ2) is 7.45. The van der Waals surface area contributed by atoms with Crippen molar-refractivity contribution >= 4 is 18.3 Å². The van der Waals surface area contributed by atoms with E-state index >= 15 is 0 Å². The third kappa shape index (κ3) is 3.84. The van der Waals surface area contributed by atoms with Crippen LogP contribution in [0.4, 0.5) is 4.39 Å². The molecule has 1 atom stereocenters. The number of nitrogens with one attached hydrogen (secondary N) is 2. The van der Waals surface area contributed by atoms with E-state index in [-0.39, 0.29) is 30.0 Å². The monoisotopic (exact) mass is 302 g/mol. The average molecular weight is 303 g/mol. The summed E-state index contributed by atoms with van der Waals surface area (Å²) in [6, 6.07) is 4.70. The van der Waals surface area contributed by atoms with Crippen LogP contribution in [0.1, 0.15) is 12.5 Å². The summed E-state index contributed by atoms with van der Waals surface area (Å²) in [5.74, 6) is 0.217. The van der Waals surface area contributed by atoms with Crippen LogP contribution >= 0.6 is 12.4 Å². The first kappa shape index (κ1) is 16.7. The van der Waals surface area contributed by atoms with E-state index in [4.69, 9.17) is 4.74 Å². The summed E-state index contributed by atoms with van der Waals surface area (Å²) in [6.45, 7) is 4.05. The predicted molar refractivity (Wildman–Crippen MR) is 77.6 cm³/mol. The number of methoxy groups -OCH3 is 1. The highest BCUT2D eigenvalue weighted by Gasteiger charge is 2.28. The summed E-state index contributed by atoms with van der Waals surface area (Å²) in [6.07, 6.45) is 0. The molecule has 1 saturated heterocycles. The fraction of sp³-hybridized carbons (Fsp3) is 0.500. The zero-order chi connectivity index (χ0) is 13.8. The Balaban J connectivity index is 0.00000200. The van der Waals surface area contributed by atoms with Crippen LogP contribution in [0.25, 0.3) is 0 Å². The van der Waals surface area contributed by atoms with Crippen molar-refractivity contribution in [1.29, 1.82) is 0 Å². The van der Waals surface area contributed by atoms with Gasteiger partial charge in [-0.05, 0) is 36.7 Å². The molecule has 1 aromatic rings. The van der Waals surface area contributed by atoms with E-state index in [9.17, 15) is 9.18 Å². The van der Waals surface area contributed by atoms with Gasteiger partial charge in [-0.15, -0.1) is 12.4 Å². The van der Waals surface area contributed by atoms with Crippen LogP contribution in [0.3, 0.4) is 0 Å². The Morgan fingerprint density at radius 3 is 2.75 bits per heavy atom. The van der Waals surface area contributed by atoms with E-state index < -0.39 is 5.82 Å². The minimum atomic E-state index is -0.412. The summed E-state index contributed by atoms with van der Waals surface area (Å²) < 4.78 is 18.3. The Morgan fingerprint density at radius 2 is 2.25 bits per heavy atom. The molecule has 2 N–H and O–H groups in total. The van der Waals surface area contributed by atoms with Crippen LogP contribution in [-0.2, 0) is 11.3 Å². The van der Waals surface area contributed by atoms with Gasteiger partial charge in [0, 0.05) is 12.5 Å². The molecule has 1 aromatic carbocycles. The van der Waals surface area contributed by atoms with Crippen molar-refractivity contribution in [3.05, 3.63) is 29.6 Å². The quantitative estimate of drug-likeness (QED) is 0.871. The molecule has 20 heavy (non-hydrogen) atoms. The van der Waals surface area contributed by atoms with Gasteiger partial charge in [0.05, 0.1) is 7.11 Å². The predicted octanol–water partition coefficient (Wildman–Crippen LogP) is 1.73. The van der Waals surface area contributed by atoms with Gasteiger partial charge in [0.1, 0.15) is 0 Å². The SMILES string of the molecule is COc1ccc(CNC(=O)C(C)C2CNC2)cc1F.Cl. The molecule has 1 aliphatic heterocycles. The maximum absolute atomic E-state index is 13.5. The summed E-state index contributed by atoms with van der Waals surface area (Å²) in [4.78, 5) is 11.9. The molecule has 1 aliphatic rings. The fourth-order valence-electron chi connectivity index (χ4n) is 2.05. The van der Waals surface area contributed by atoms with E-state index in [1.165, 1.54) is 13.2 Å². The summed E-state index contributed by atoms with van der Waals surface area (Å²) >= 11 is 0. The standard InChI is InChI=1S/C14H19FN2O2.ClH/c1-9(11-7-16-8-11)14(18)17-6-10-3-4-13(19-2)12(15)5-10;/h3-5,9,11,16H,6-8H2,1-2H3,(H,17,18);1H. The van der Waals surface area contributed by atoms with E-state index in [2.05, 4.69) is 10.6 Å². The number of hydrogen-bond donors (Lipinski definition) is 2. The molecule has 1 unspecified atom stereocenters. The molecular formula is C14H20ClFN2O2. The zero-order valence-corrected chi connectivity index (χ0v) is 12.4. The second-order valence-corrected chi connectivity index (χ2v) is 4.89. The number of carbonyl (C=O) groups excluding carboxylic acids is 1. The van der Waals surface area contributed by atoms with Gasteiger partial charge < -0.3 is 15.4 Å². The molecule has 1 heterocycles. The topological polar surface area (TPSA) is 50.4 Å². The Labute approximate surface area is 124 Å². The van der Waals surface area contributed by atoms with Gasteiger partial charge in [0.15, 0.2) is 11.6 Å². The van der Waals surface area contributed by atoms with Crippen LogP contribution in [0, 0.1) is 17.7 Å². The molecule has 1 fully saturated rings. The average Bonchev–Trinajstić information content (AvgIpc) is 2.34. The lowest BCUT2D eigenvalue weighted by Crippen LogP contribution is -2.49. The lowest BCUT2D eigenvalue weighted by atomic mass is 9.88. The first-order valence-electron chi connectivity index (χ1n) is 6.42. The van der Waals surface area contributed by atoms with E-state index in [1.807, 2.05) is 6.92 Å². The molecule has 112 valence electrons. The lowest BCUT2D eigenvalue weighted by Gasteiger charge is -2.31. The highest BCUT2D eigenvalue weighted by atomic mass is 35.5. The fourth-order valence-corrected chi connectivity index (χ4v) is 2.05. The van der Waals surface area contributed by atoms with Crippen molar-refractivity contribution < 1.29 is 13.9 Å². The minimum Gasteiger partial charge on any atom is -0.494 e. The first-order valence-corrected chi connectivity index (χ1v) is 6.42. The van der Waals surface area contributed by atoms with Crippen molar-refractivity contribution in [3.8, 4) is 5.75 Å². The Hall–Kier alpha value is -1.33. The molecule has 0 saturated carbocycles. The number of halogens is 2. The second-order valence-electron chi connectivity index (χ2n) is 4.89. The van der Waals surface area contributed by atoms with Gasteiger partial charge in [-0.1, -0.05) is 13.0 Å². The maximum atomic E-state index is 13.5. The molecule has 6 heteroatoms. The van der Waals surface area contributed by atoms with Crippen molar-refractivity contribution in [1.82, 2.24) is 10.6 Å². The van der Waals surface area contributed by atoms with Crippen LogP contribution in [-0.4, -0.2) is 26.1 Å². The van der Waals surface area contributed by atoms with Crippen molar-refractivity contribution in [3.63, 3.8) is 0 Å². The van der Waals surface area contributed by atoms with E-state index in [1.54, 1.807) is 12.1 Å². The molecule has 0 spiro atoms. The van der Waals surface area contributed by atoms with Gasteiger partial charge in [0.25, 0.3) is 0 Å². The maximum Gasteiger partial charge on any atom is 0.223 e. The molecular weight excluding hydrogens is 283 g/mol. The number of amides is 1. The highest BCUT2D eigenvalue weighted by molar-refractivity contribution is 5.85. The van der Waals surface area contributed by atoms with Crippen LogP contribution in [0.5, 0.6) is 5.75 Å². The minimum absolute atomic E-state index is 0. The number of carbonyl (C=O) groups is 1. The molecule has 0 bridgehead atoms. The molecule has 0 aliphatic carbocycles. The van der Waals surface area contributed by atoms with Gasteiger partial charge in [-0.25, -0.2) is 4.39 Å². The number of rotatable bonds is 5. The summed E-state index contributed by atoms with van der Waals surface area (Å²) in [7, 11) is 1.42. The first-order chi connectivity index (χ1) is 9.11. The van der Waals surface area contributed by atoms with Gasteiger partial charge in [0.2, 0.25) is 5.91 Å². The van der Waals surface area contributed by atoms with E-state index in [0.717, 1.165) is 18.7 Å².